The highest BCUT2D eigenvalue weighted by molar-refractivity contribution is 7.89. The third-order valence-electron chi connectivity index (χ3n) is 4.43. The normalized spacial score (nSPS) is 20.4. The van der Waals surface area contributed by atoms with E-state index < -0.39 is 10.0 Å². The molecule has 1 saturated heterocycles. The maximum absolute atomic E-state index is 12.7. The van der Waals surface area contributed by atoms with Crippen LogP contribution in [0.5, 0.6) is 11.5 Å². The topological polar surface area (TPSA) is 106 Å². The Morgan fingerprint density at radius 3 is 2.96 bits per heavy atom. The van der Waals surface area contributed by atoms with Crippen LogP contribution in [-0.4, -0.2) is 47.7 Å². The summed E-state index contributed by atoms with van der Waals surface area (Å²) in [5.41, 5.74) is 0.403. The van der Waals surface area contributed by atoms with Gasteiger partial charge >= 0.3 is 0 Å². The molecule has 0 saturated carbocycles. The van der Waals surface area contributed by atoms with Crippen molar-refractivity contribution in [1.82, 2.24) is 10.0 Å². The van der Waals surface area contributed by atoms with Crippen molar-refractivity contribution in [3.63, 3.8) is 0 Å². The number of piperidine rings is 1. The van der Waals surface area contributed by atoms with Crippen LogP contribution in [0.3, 0.4) is 0 Å². The molecule has 0 spiro atoms. The minimum atomic E-state index is -3.74. The summed E-state index contributed by atoms with van der Waals surface area (Å²) in [6, 6.07) is 2.85. The zero-order valence-electron chi connectivity index (χ0n) is 14.1. The van der Waals surface area contributed by atoms with Gasteiger partial charge in [0.2, 0.25) is 10.0 Å². The molecule has 2 aliphatic rings. The molecule has 1 amide bonds. The van der Waals surface area contributed by atoms with Crippen LogP contribution < -0.4 is 24.8 Å². The third kappa shape index (κ3) is 4.23. The van der Waals surface area contributed by atoms with E-state index in [0.29, 0.717) is 23.9 Å². The highest BCUT2D eigenvalue weighted by atomic mass is 32.2. The predicted octanol–water partition coefficient (Wildman–Crippen LogP) is 0.694. The standard InChI is InChI=1S/C16H23N3O5S/c1-23-14-7-12-13(24-10-16(20)19-12)8-15(14)25(21,22)18-6-4-11-3-2-5-17-9-11/h7-8,11,17-18H,2-6,9-10H2,1H3,(H,19,20). The van der Waals surface area contributed by atoms with Gasteiger partial charge in [0.1, 0.15) is 16.4 Å². The monoisotopic (exact) mass is 369 g/mol. The minimum Gasteiger partial charge on any atom is -0.495 e. The number of carbonyl (C=O) groups is 1. The number of rotatable bonds is 6. The molecular formula is C16H23N3O5S. The molecule has 2 heterocycles. The summed E-state index contributed by atoms with van der Waals surface area (Å²) in [6.07, 6.45) is 3.02. The first-order chi connectivity index (χ1) is 12.0. The quantitative estimate of drug-likeness (QED) is 0.681. The highest BCUT2D eigenvalue weighted by Crippen LogP contribution is 2.37. The van der Waals surface area contributed by atoms with E-state index in [-0.39, 0.29) is 23.2 Å². The zero-order chi connectivity index (χ0) is 17.9. The molecule has 0 bridgehead atoms. The number of anilines is 1. The lowest BCUT2D eigenvalue weighted by Gasteiger charge is -2.23. The van der Waals surface area contributed by atoms with Gasteiger partial charge in [-0.3, -0.25) is 4.79 Å². The Kier molecular flexibility index (Phi) is 5.45. The molecule has 1 aromatic rings. The van der Waals surface area contributed by atoms with Crippen LogP contribution in [-0.2, 0) is 14.8 Å². The van der Waals surface area contributed by atoms with Crippen LogP contribution in [0.4, 0.5) is 5.69 Å². The lowest BCUT2D eigenvalue weighted by molar-refractivity contribution is -0.118. The Morgan fingerprint density at radius 2 is 2.24 bits per heavy atom. The van der Waals surface area contributed by atoms with Crippen molar-refractivity contribution >= 4 is 21.6 Å². The van der Waals surface area contributed by atoms with E-state index in [9.17, 15) is 13.2 Å². The van der Waals surface area contributed by atoms with E-state index in [1.54, 1.807) is 0 Å². The summed E-state index contributed by atoms with van der Waals surface area (Å²) in [4.78, 5) is 11.4. The third-order valence-corrected chi connectivity index (χ3v) is 5.91. The molecule has 2 aliphatic heterocycles. The number of hydrogen-bond acceptors (Lipinski definition) is 6. The van der Waals surface area contributed by atoms with E-state index in [4.69, 9.17) is 9.47 Å². The maximum Gasteiger partial charge on any atom is 0.262 e. The predicted molar refractivity (Wildman–Crippen MR) is 92.5 cm³/mol. The van der Waals surface area contributed by atoms with Crippen molar-refractivity contribution in [2.24, 2.45) is 5.92 Å². The number of amides is 1. The van der Waals surface area contributed by atoms with Gasteiger partial charge in [-0.2, -0.15) is 0 Å². The average molecular weight is 369 g/mol. The number of hydrogen-bond donors (Lipinski definition) is 3. The van der Waals surface area contributed by atoms with Crippen LogP contribution in [0.15, 0.2) is 17.0 Å². The van der Waals surface area contributed by atoms with Gasteiger partial charge in [0, 0.05) is 18.7 Å². The number of ether oxygens (including phenoxy) is 2. The number of methoxy groups -OCH3 is 1. The first-order valence-electron chi connectivity index (χ1n) is 8.34. The molecule has 0 radical (unpaired) electrons. The molecule has 3 rings (SSSR count). The molecule has 25 heavy (non-hydrogen) atoms. The number of benzene rings is 1. The summed E-state index contributed by atoms with van der Waals surface area (Å²) in [7, 11) is -2.35. The molecule has 8 nitrogen and oxygen atoms in total. The van der Waals surface area contributed by atoms with Crippen molar-refractivity contribution in [2.45, 2.75) is 24.2 Å². The Morgan fingerprint density at radius 1 is 1.40 bits per heavy atom. The fourth-order valence-electron chi connectivity index (χ4n) is 3.10. The Labute approximate surface area is 147 Å². The van der Waals surface area contributed by atoms with Gasteiger partial charge in [0.15, 0.2) is 6.61 Å². The molecule has 1 atom stereocenters. The molecule has 0 aromatic heterocycles. The van der Waals surface area contributed by atoms with Crippen LogP contribution >= 0.6 is 0 Å². The molecule has 138 valence electrons. The van der Waals surface area contributed by atoms with Crippen LogP contribution in [0.25, 0.3) is 0 Å². The van der Waals surface area contributed by atoms with Crippen molar-refractivity contribution in [1.29, 1.82) is 0 Å². The van der Waals surface area contributed by atoms with Gasteiger partial charge in [-0.1, -0.05) is 0 Å². The van der Waals surface area contributed by atoms with Crippen molar-refractivity contribution < 1.29 is 22.7 Å². The second-order valence-corrected chi connectivity index (χ2v) is 7.97. The molecule has 1 fully saturated rings. The van der Waals surface area contributed by atoms with Gasteiger partial charge in [-0.25, -0.2) is 13.1 Å². The second kappa shape index (κ2) is 7.59. The summed E-state index contributed by atoms with van der Waals surface area (Å²) >= 11 is 0. The summed E-state index contributed by atoms with van der Waals surface area (Å²) in [5.74, 6) is 0.679. The number of carbonyl (C=O) groups excluding carboxylic acids is 1. The summed E-state index contributed by atoms with van der Waals surface area (Å²) in [5, 5.41) is 5.96. The van der Waals surface area contributed by atoms with Crippen molar-refractivity contribution in [3.8, 4) is 11.5 Å². The van der Waals surface area contributed by atoms with Crippen molar-refractivity contribution in [2.75, 3.05) is 38.7 Å². The average Bonchev–Trinajstić information content (AvgIpc) is 2.61. The van der Waals surface area contributed by atoms with Crippen molar-refractivity contribution in [3.05, 3.63) is 12.1 Å². The highest BCUT2D eigenvalue weighted by Gasteiger charge is 2.26. The smallest absolute Gasteiger partial charge is 0.262 e. The van der Waals surface area contributed by atoms with Gasteiger partial charge in [0.25, 0.3) is 5.91 Å². The van der Waals surface area contributed by atoms with Gasteiger partial charge in [-0.05, 0) is 38.3 Å². The Balaban J connectivity index is 1.73. The number of nitrogens with one attached hydrogen (secondary N) is 3. The second-order valence-electron chi connectivity index (χ2n) is 6.23. The van der Waals surface area contributed by atoms with Crippen LogP contribution in [0.2, 0.25) is 0 Å². The van der Waals surface area contributed by atoms with E-state index in [2.05, 4.69) is 15.4 Å². The lowest BCUT2D eigenvalue weighted by atomic mass is 9.96. The minimum absolute atomic E-state index is 0.00617. The fraction of sp³-hybridized carbons (Fsp3) is 0.562. The molecular weight excluding hydrogens is 346 g/mol. The lowest BCUT2D eigenvalue weighted by Crippen LogP contribution is -2.33. The largest absolute Gasteiger partial charge is 0.495 e. The maximum atomic E-state index is 12.7. The Hall–Kier alpha value is -1.84. The first kappa shape index (κ1) is 18.0. The zero-order valence-corrected chi connectivity index (χ0v) is 14.9. The number of fused-ring (bicyclic) bond motifs is 1. The Bertz CT molecular complexity index is 744. The van der Waals surface area contributed by atoms with Gasteiger partial charge < -0.3 is 20.1 Å². The van der Waals surface area contributed by atoms with Gasteiger partial charge in [-0.15, -0.1) is 0 Å². The molecule has 3 N–H and O–H groups in total. The van der Waals surface area contributed by atoms with Crippen LogP contribution in [0, 0.1) is 5.92 Å². The number of sulfonamides is 1. The SMILES string of the molecule is COc1cc2c(cc1S(=O)(=O)NCCC1CCCNC1)OCC(=O)N2. The van der Waals surface area contributed by atoms with Crippen LogP contribution in [0.1, 0.15) is 19.3 Å². The molecule has 0 aliphatic carbocycles. The van der Waals surface area contributed by atoms with E-state index in [1.165, 1.54) is 19.2 Å². The van der Waals surface area contributed by atoms with E-state index in [0.717, 1.165) is 32.4 Å². The summed E-state index contributed by atoms with van der Waals surface area (Å²) in [6.45, 7) is 2.19. The molecule has 1 unspecified atom stereocenters. The van der Waals surface area contributed by atoms with E-state index >= 15 is 0 Å². The summed E-state index contributed by atoms with van der Waals surface area (Å²) < 4.78 is 38.4. The first-order valence-corrected chi connectivity index (χ1v) is 9.83. The van der Waals surface area contributed by atoms with Gasteiger partial charge in [0.05, 0.1) is 12.8 Å². The fourth-order valence-corrected chi connectivity index (χ4v) is 4.31. The molecule has 1 aromatic carbocycles. The molecule has 9 heteroatoms. The van der Waals surface area contributed by atoms with E-state index in [1.807, 2.05) is 0 Å².